The van der Waals surface area contributed by atoms with E-state index < -0.39 is 0 Å². The van der Waals surface area contributed by atoms with Crippen LogP contribution >= 0.6 is 27.3 Å². The molecule has 54 valence electrons. The highest BCUT2D eigenvalue weighted by molar-refractivity contribution is 9.10. The van der Waals surface area contributed by atoms with E-state index in [1.54, 1.807) is 11.3 Å². The fourth-order valence-corrected chi connectivity index (χ4v) is 2.06. The van der Waals surface area contributed by atoms with Crippen LogP contribution in [0.3, 0.4) is 0 Å². The van der Waals surface area contributed by atoms with Gasteiger partial charge >= 0.3 is 0 Å². The van der Waals surface area contributed by atoms with Gasteiger partial charge < -0.3 is 5.32 Å². The monoisotopic (exact) mass is 217 g/mol. The predicted molar refractivity (Wildman–Crippen MR) is 48.8 cm³/mol. The first kappa shape index (κ1) is 6.68. The van der Waals surface area contributed by atoms with Crippen LogP contribution in [0.2, 0.25) is 0 Å². The van der Waals surface area contributed by atoms with E-state index >= 15 is 0 Å². The SMILES string of the molecule is BrC1(Nc2cccs2)CC1. The molecular formula is C7H8BrNS. The van der Waals surface area contributed by atoms with Crippen molar-refractivity contribution in [1.29, 1.82) is 0 Å². The maximum absolute atomic E-state index is 3.61. The maximum Gasteiger partial charge on any atom is 0.0936 e. The lowest BCUT2D eigenvalue weighted by atomic mass is 10.6. The zero-order valence-corrected chi connectivity index (χ0v) is 7.83. The molecule has 0 bridgehead atoms. The van der Waals surface area contributed by atoms with Gasteiger partial charge in [-0.2, -0.15) is 0 Å². The molecule has 0 atom stereocenters. The minimum absolute atomic E-state index is 0.248. The van der Waals surface area contributed by atoms with Gasteiger partial charge in [0.1, 0.15) is 0 Å². The standard InChI is InChI=1S/C7H8BrNS/c8-7(3-4-7)9-6-2-1-5-10-6/h1-2,5,9H,3-4H2. The van der Waals surface area contributed by atoms with Crippen molar-refractivity contribution in [3.05, 3.63) is 17.5 Å². The van der Waals surface area contributed by atoms with Gasteiger partial charge in [0, 0.05) is 0 Å². The number of halogens is 1. The van der Waals surface area contributed by atoms with Crippen LogP contribution in [0.4, 0.5) is 5.00 Å². The number of hydrogen-bond acceptors (Lipinski definition) is 2. The minimum atomic E-state index is 0.248. The van der Waals surface area contributed by atoms with E-state index in [4.69, 9.17) is 0 Å². The van der Waals surface area contributed by atoms with E-state index in [0.717, 1.165) is 0 Å². The molecule has 1 aromatic rings. The Hall–Kier alpha value is -0.0200. The molecule has 0 amide bonds. The zero-order valence-electron chi connectivity index (χ0n) is 5.43. The highest BCUT2D eigenvalue weighted by Crippen LogP contribution is 2.45. The summed E-state index contributed by atoms with van der Waals surface area (Å²) in [6, 6.07) is 4.16. The van der Waals surface area contributed by atoms with Gasteiger partial charge in [-0.3, -0.25) is 0 Å². The summed E-state index contributed by atoms with van der Waals surface area (Å²) in [7, 11) is 0. The van der Waals surface area contributed by atoms with Gasteiger partial charge in [-0.25, -0.2) is 0 Å². The van der Waals surface area contributed by atoms with Crippen LogP contribution < -0.4 is 5.32 Å². The third kappa shape index (κ3) is 1.35. The number of anilines is 1. The van der Waals surface area contributed by atoms with Gasteiger partial charge in [-0.05, 0) is 30.4 Å². The molecule has 2 rings (SSSR count). The Morgan fingerprint density at radius 3 is 2.90 bits per heavy atom. The van der Waals surface area contributed by atoms with E-state index in [2.05, 4.69) is 38.8 Å². The summed E-state index contributed by atoms with van der Waals surface area (Å²) in [5.41, 5.74) is 0. The van der Waals surface area contributed by atoms with Crippen LogP contribution in [0.1, 0.15) is 12.8 Å². The van der Waals surface area contributed by atoms with Crippen molar-refractivity contribution in [3.8, 4) is 0 Å². The fourth-order valence-electron chi connectivity index (χ4n) is 0.805. The van der Waals surface area contributed by atoms with Crippen molar-refractivity contribution in [3.63, 3.8) is 0 Å². The molecule has 0 aliphatic heterocycles. The van der Waals surface area contributed by atoms with Crippen LogP contribution in [0.15, 0.2) is 17.5 Å². The second-order valence-electron chi connectivity index (χ2n) is 2.57. The predicted octanol–water partition coefficient (Wildman–Crippen LogP) is 3.05. The van der Waals surface area contributed by atoms with Crippen LogP contribution in [0, 0.1) is 0 Å². The van der Waals surface area contributed by atoms with Crippen LogP contribution in [0.5, 0.6) is 0 Å². The number of alkyl halides is 1. The zero-order chi connectivity index (χ0) is 7.03. The number of rotatable bonds is 2. The Morgan fingerprint density at radius 1 is 1.60 bits per heavy atom. The second-order valence-corrected chi connectivity index (χ2v) is 5.03. The summed E-state index contributed by atoms with van der Waals surface area (Å²) in [6.45, 7) is 0. The summed E-state index contributed by atoms with van der Waals surface area (Å²) in [5, 5.41) is 6.75. The topological polar surface area (TPSA) is 12.0 Å². The van der Waals surface area contributed by atoms with E-state index in [0.29, 0.717) is 0 Å². The molecule has 10 heavy (non-hydrogen) atoms. The third-order valence-electron chi connectivity index (χ3n) is 1.56. The highest BCUT2D eigenvalue weighted by Gasteiger charge is 2.39. The fraction of sp³-hybridized carbons (Fsp3) is 0.429. The Bertz CT molecular complexity index is 216. The number of thiophene rings is 1. The van der Waals surface area contributed by atoms with Gasteiger partial charge in [0.25, 0.3) is 0 Å². The van der Waals surface area contributed by atoms with Gasteiger partial charge in [0.15, 0.2) is 0 Å². The summed E-state index contributed by atoms with van der Waals surface area (Å²) < 4.78 is 0.248. The van der Waals surface area contributed by atoms with E-state index in [9.17, 15) is 0 Å². The first-order chi connectivity index (χ1) is 4.79. The summed E-state index contributed by atoms with van der Waals surface area (Å²) in [5.74, 6) is 0. The molecule has 1 saturated carbocycles. The van der Waals surface area contributed by atoms with Crippen molar-refractivity contribution in [1.82, 2.24) is 0 Å². The van der Waals surface area contributed by atoms with Crippen molar-refractivity contribution in [2.75, 3.05) is 5.32 Å². The summed E-state index contributed by atoms with van der Waals surface area (Å²) in [4.78, 5) is 0. The molecule has 1 heterocycles. The number of nitrogens with one attached hydrogen (secondary N) is 1. The Balaban J connectivity index is 2.04. The molecule has 0 radical (unpaired) electrons. The number of hydrogen-bond donors (Lipinski definition) is 1. The molecule has 1 fully saturated rings. The Labute approximate surface area is 72.6 Å². The lowest BCUT2D eigenvalue weighted by Crippen LogP contribution is -2.10. The van der Waals surface area contributed by atoms with Crippen molar-refractivity contribution < 1.29 is 0 Å². The lowest BCUT2D eigenvalue weighted by molar-refractivity contribution is 1.10. The lowest BCUT2D eigenvalue weighted by Gasteiger charge is -2.07. The average Bonchev–Trinajstić information content (AvgIpc) is 2.47. The first-order valence-electron chi connectivity index (χ1n) is 3.29. The average molecular weight is 218 g/mol. The minimum Gasteiger partial charge on any atom is -0.362 e. The second kappa shape index (κ2) is 2.24. The first-order valence-corrected chi connectivity index (χ1v) is 4.96. The summed E-state index contributed by atoms with van der Waals surface area (Å²) >= 11 is 5.36. The molecule has 0 spiro atoms. The molecule has 0 saturated heterocycles. The van der Waals surface area contributed by atoms with E-state index in [-0.39, 0.29) is 4.45 Å². The molecule has 1 N–H and O–H groups in total. The van der Waals surface area contributed by atoms with Crippen molar-refractivity contribution in [2.45, 2.75) is 17.3 Å². The van der Waals surface area contributed by atoms with Gasteiger partial charge in [0.2, 0.25) is 0 Å². The molecule has 1 aromatic heterocycles. The van der Waals surface area contributed by atoms with Crippen LogP contribution in [-0.4, -0.2) is 4.45 Å². The normalized spacial score (nSPS) is 20.5. The molecule has 1 nitrogen and oxygen atoms in total. The van der Waals surface area contributed by atoms with Gasteiger partial charge in [0.05, 0.1) is 9.45 Å². The molecule has 0 unspecified atom stereocenters. The molecule has 3 heteroatoms. The smallest absolute Gasteiger partial charge is 0.0936 e. The molecule has 1 aliphatic rings. The van der Waals surface area contributed by atoms with Crippen LogP contribution in [0.25, 0.3) is 0 Å². The van der Waals surface area contributed by atoms with Crippen molar-refractivity contribution in [2.24, 2.45) is 0 Å². The molecule has 1 aliphatic carbocycles. The molecular weight excluding hydrogens is 210 g/mol. The van der Waals surface area contributed by atoms with Gasteiger partial charge in [-0.1, -0.05) is 15.9 Å². The largest absolute Gasteiger partial charge is 0.362 e. The Kier molecular flexibility index (Phi) is 1.49. The van der Waals surface area contributed by atoms with E-state index in [1.165, 1.54) is 17.8 Å². The molecule has 0 aromatic carbocycles. The van der Waals surface area contributed by atoms with Gasteiger partial charge in [-0.15, -0.1) is 11.3 Å². The summed E-state index contributed by atoms with van der Waals surface area (Å²) in [6.07, 6.45) is 2.48. The van der Waals surface area contributed by atoms with E-state index in [1.807, 2.05) is 0 Å². The highest BCUT2D eigenvalue weighted by atomic mass is 79.9. The third-order valence-corrected chi connectivity index (χ3v) is 3.33. The Morgan fingerprint density at radius 2 is 2.40 bits per heavy atom. The quantitative estimate of drug-likeness (QED) is 0.594. The van der Waals surface area contributed by atoms with Crippen molar-refractivity contribution >= 4 is 32.3 Å². The van der Waals surface area contributed by atoms with Crippen LogP contribution in [-0.2, 0) is 0 Å². The maximum atomic E-state index is 3.61.